The maximum Gasteiger partial charge on any atom is 0.416 e. The van der Waals surface area contributed by atoms with E-state index in [0.29, 0.717) is 37.2 Å². The van der Waals surface area contributed by atoms with Crippen LogP contribution in [0.3, 0.4) is 0 Å². The standard InChI is InChI=1S/C27H25F5N2O/c28-24-10-9-19(12-25(24)29)15-34-16-21(20-6-2-1-3-7-20)13-22(17-34)26(35)33-14-18-5-4-8-23(11-18)27(30,31)32/h1-12,21-22H,13-17H2,(H,33,35). The Hall–Kier alpha value is -3.26. The van der Waals surface area contributed by atoms with Crippen LogP contribution in [0.25, 0.3) is 0 Å². The topological polar surface area (TPSA) is 32.3 Å². The second kappa shape index (κ2) is 10.6. The largest absolute Gasteiger partial charge is 0.416 e. The molecular formula is C27H25F5N2O. The number of benzene rings is 3. The summed E-state index contributed by atoms with van der Waals surface area (Å²) in [4.78, 5) is 15.1. The summed E-state index contributed by atoms with van der Waals surface area (Å²) in [6.45, 7) is 1.37. The molecule has 2 unspecified atom stereocenters. The van der Waals surface area contributed by atoms with E-state index in [1.165, 1.54) is 12.1 Å². The number of likely N-dealkylation sites (tertiary alicyclic amines) is 1. The molecule has 1 N–H and O–H groups in total. The molecule has 35 heavy (non-hydrogen) atoms. The Morgan fingerprint density at radius 3 is 2.37 bits per heavy atom. The number of carbonyl (C=O) groups is 1. The van der Waals surface area contributed by atoms with E-state index < -0.39 is 29.3 Å². The van der Waals surface area contributed by atoms with E-state index in [0.717, 1.165) is 29.8 Å². The highest BCUT2D eigenvalue weighted by atomic mass is 19.4. The second-order valence-corrected chi connectivity index (χ2v) is 8.90. The van der Waals surface area contributed by atoms with Crippen LogP contribution in [0.1, 0.15) is 34.6 Å². The zero-order chi connectivity index (χ0) is 25.0. The van der Waals surface area contributed by atoms with E-state index >= 15 is 0 Å². The number of carbonyl (C=O) groups excluding carboxylic acids is 1. The van der Waals surface area contributed by atoms with Crippen molar-refractivity contribution in [2.24, 2.45) is 5.92 Å². The van der Waals surface area contributed by atoms with Crippen LogP contribution in [-0.4, -0.2) is 23.9 Å². The monoisotopic (exact) mass is 488 g/mol. The number of halogens is 5. The van der Waals surface area contributed by atoms with Gasteiger partial charge in [0.15, 0.2) is 11.6 Å². The van der Waals surface area contributed by atoms with Gasteiger partial charge >= 0.3 is 6.18 Å². The lowest BCUT2D eigenvalue weighted by atomic mass is 9.84. The highest BCUT2D eigenvalue weighted by Crippen LogP contribution is 2.32. The van der Waals surface area contributed by atoms with Gasteiger partial charge in [0.2, 0.25) is 5.91 Å². The molecule has 2 atom stereocenters. The van der Waals surface area contributed by atoms with Crippen molar-refractivity contribution in [1.82, 2.24) is 10.2 Å². The molecule has 8 heteroatoms. The van der Waals surface area contributed by atoms with Gasteiger partial charge in [0.05, 0.1) is 11.5 Å². The number of nitrogens with zero attached hydrogens (tertiary/aromatic N) is 1. The Morgan fingerprint density at radius 1 is 0.886 bits per heavy atom. The summed E-state index contributed by atoms with van der Waals surface area (Å²) in [5.41, 5.74) is 1.27. The summed E-state index contributed by atoms with van der Waals surface area (Å²) in [5.74, 6) is -2.46. The summed E-state index contributed by atoms with van der Waals surface area (Å²) in [6, 6.07) is 18.4. The van der Waals surface area contributed by atoms with Crippen molar-refractivity contribution in [3.63, 3.8) is 0 Å². The Bertz CT molecular complexity index is 1170. The molecule has 1 aliphatic rings. The highest BCUT2D eigenvalue weighted by molar-refractivity contribution is 5.79. The number of hydrogen-bond acceptors (Lipinski definition) is 2. The molecule has 0 aromatic heterocycles. The van der Waals surface area contributed by atoms with Crippen molar-refractivity contribution in [3.05, 3.63) is 107 Å². The average molecular weight is 489 g/mol. The molecule has 1 saturated heterocycles. The average Bonchev–Trinajstić information content (AvgIpc) is 2.85. The zero-order valence-corrected chi connectivity index (χ0v) is 18.9. The number of hydrogen-bond donors (Lipinski definition) is 1. The van der Waals surface area contributed by atoms with E-state index in [1.54, 1.807) is 6.07 Å². The number of amides is 1. The third-order valence-corrected chi connectivity index (χ3v) is 6.28. The smallest absolute Gasteiger partial charge is 0.352 e. The molecule has 3 nitrogen and oxygen atoms in total. The molecule has 1 heterocycles. The van der Waals surface area contributed by atoms with Gasteiger partial charge in [0, 0.05) is 26.2 Å². The molecule has 0 saturated carbocycles. The SMILES string of the molecule is O=C(NCc1cccc(C(F)(F)F)c1)C1CC(c2ccccc2)CN(Cc2ccc(F)c(F)c2)C1. The van der Waals surface area contributed by atoms with Crippen molar-refractivity contribution in [2.45, 2.75) is 31.6 Å². The van der Waals surface area contributed by atoms with E-state index in [1.807, 2.05) is 35.2 Å². The van der Waals surface area contributed by atoms with Gasteiger partial charge < -0.3 is 5.32 Å². The summed E-state index contributed by atoms with van der Waals surface area (Å²) in [7, 11) is 0. The summed E-state index contributed by atoms with van der Waals surface area (Å²) < 4.78 is 66.0. The first kappa shape index (κ1) is 24.9. The highest BCUT2D eigenvalue weighted by Gasteiger charge is 2.33. The Balaban J connectivity index is 1.47. The molecule has 0 aliphatic carbocycles. The minimum atomic E-state index is -4.45. The predicted octanol–water partition coefficient (Wildman–Crippen LogP) is 5.91. The fourth-order valence-electron chi connectivity index (χ4n) is 4.56. The van der Waals surface area contributed by atoms with E-state index in [9.17, 15) is 26.7 Å². The maximum atomic E-state index is 13.7. The number of piperidine rings is 1. The second-order valence-electron chi connectivity index (χ2n) is 8.90. The molecule has 1 fully saturated rings. The first-order chi connectivity index (χ1) is 16.7. The fraction of sp³-hybridized carbons (Fsp3) is 0.296. The zero-order valence-electron chi connectivity index (χ0n) is 18.9. The van der Waals surface area contributed by atoms with Crippen LogP contribution >= 0.6 is 0 Å². The van der Waals surface area contributed by atoms with E-state index in [-0.39, 0.29) is 18.4 Å². The summed E-state index contributed by atoms with van der Waals surface area (Å²) in [5, 5.41) is 2.78. The number of rotatable bonds is 6. The van der Waals surface area contributed by atoms with Gasteiger partial charge in [-0.05, 0) is 53.3 Å². The minimum Gasteiger partial charge on any atom is -0.352 e. The van der Waals surface area contributed by atoms with Gasteiger partial charge in [0.1, 0.15) is 0 Å². The van der Waals surface area contributed by atoms with Gasteiger partial charge in [-0.25, -0.2) is 8.78 Å². The van der Waals surface area contributed by atoms with Crippen molar-refractivity contribution >= 4 is 5.91 Å². The lowest BCUT2D eigenvalue weighted by Gasteiger charge is -2.37. The lowest BCUT2D eigenvalue weighted by molar-refractivity contribution is -0.137. The van der Waals surface area contributed by atoms with Crippen molar-refractivity contribution in [2.75, 3.05) is 13.1 Å². The van der Waals surface area contributed by atoms with E-state index in [4.69, 9.17) is 0 Å². The minimum absolute atomic E-state index is 0.0154. The first-order valence-electron chi connectivity index (χ1n) is 11.3. The Morgan fingerprint density at radius 2 is 1.66 bits per heavy atom. The number of nitrogens with one attached hydrogen (secondary N) is 1. The van der Waals surface area contributed by atoms with Crippen LogP contribution in [0, 0.1) is 17.6 Å². The third-order valence-electron chi connectivity index (χ3n) is 6.28. The molecule has 3 aromatic rings. The number of alkyl halides is 3. The van der Waals surface area contributed by atoms with Gasteiger partial charge in [0.25, 0.3) is 0 Å². The molecule has 184 valence electrons. The van der Waals surface area contributed by atoms with Crippen LogP contribution in [0.2, 0.25) is 0 Å². The molecule has 3 aromatic carbocycles. The molecule has 0 bridgehead atoms. The quantitative estimate of drug-likeness (QED) is 0.438. The first-order valence-corrected chi connectivity index (χ1v) is 11.3. The van der Waals surface area contributed by atoms with Crippen LogP contribution in [-0.2, 0) is 24.1 Å². The van der Waals surface area contributed by atoms with Crippen molar-refractivity contribution in [3.8, 4) is 0 Å². The third kappa shape index (κ3) is 6.45. The maximum absolute atomic E-state index is 13.7. The van der Waals surface area contributed by atoms with Crippen molar-refractivity contribution in [1.29, 1.82) is 0 Å². The summed E-state index contributed by atoms with van der Waals surface area (Å²) in [6.07, 6.45) is -3.88. The molecule has 0 spiro atoms. The van der Waals surface area contributed by atoms with Gasteiger partial charge in [-0.1, -0.05) is 48.5 Å². The molecule has 1 aliphatic heterocycles. The lowest BCUT2D eigenvalue weighted by Crippen LogP contribution is -2.45. The molecule has 1 amide bonds. The van der Waals surface area contributed by atoms with Gasteiger partial charge in [-0.2, -0.15) is 13.2 Å². The molecule has 4 rings (SSSR count). The van der Waals surface area contributed by atoms with Crippen molar-refractivity contribution < 1.29 is 26.7 Å². The van der Waals surface area contributed by atoms with Crippen LogP contribution in [0.4, 0.5) is 22.0 Å². The fourth-order valence-corrected chi connectivity index (χ4v) is 4.56. The van der Waals surface area contributed by atoms with E-state index in [2.05, 4.69) is 5.32 Å². The van der Waals surface area contributed by atoms with Gasteiger partial charge in [-0.3, -0.25) is 9.69 Å². The Labute approximate surface area is 200 Å². The summed E-state index contributed by atoms with van der Waals surface area (Å²) >= 11 is 0. The normalized spacial score (nSPS) is 18.9. The Kier molecular flexibility index (Phi) is 7.50. The predicted molar refractivity (Wildman–Crippen MR) is 122 cm³/mol. The van der Waals surface area contributed by atoms with Crippen LogP contribution < -0.4 is 5.32 Å². The molecular weight excluding hydrogens is 463 g/mol. The van der Waals surface area contributed by atoms with Gasteiger partial charge in [-0.15, -0.1) is 0 Å². The molecule has 0 radical (unpaired) electrons. The van der Waals surface area contributed by atoms with Crippen LogP contribution in [0.5, 0.6) is 0 Å². The van der Waals surface area contributed by atoms with Crippen LogP contribution in [0.15, 0.2) is 72.8 Å².